The highest BCUT2D eigenvalue weighted by Crippen LogP contribution is 2.30. The van der Waals surface area contributed by atoms with Gasteiger partial charge in [0.05, 0.1) is 6.04 Å². The number of nitrogens with zero attached hydrogens (tertiary/aromatic N) is 2. The summed E-state index contributed by atoms with van der Waals surface area (Å²) in [4.78, 5) is 43.2. The van der Waals surface area contributed by atoms with Gasteiger partial charge in [0.1, 0.15) is 24.3 Å². The number of allylic oxidation sites excluding steroid dienone is 1. The number of likely N-dealkylation sites (tertiary alicyclic amines) is 1. The van der Waals surface area contributed by atoms with Gasteiger partial charge in [-0.15, -0.1) is 11.8 Å². The molecule has 0 aliphatic carbocycles. The Morgan fingerprint density at radius 2 is 1.97 bits per heavy atom. The van der Waals surface area contributed by atoms with E-state index in [0.29, 0.717) is 6.42 Å². The number of carbonyl (C=O) groups is 3. The maximum Gasteiger partial charge on any atom is 0.303 e. The number of methoxy groups -OCH3 is 1. The number of ether oxygens (including phenoxy) is 2. The first kappa shape index (κ1) is 31.4. The van der Waals surface area contributed by atoms with E-state index >= 15 is 0 Å². The van der Waals surface area contributed by atoms with Gasteiger partial charge < -0.3 is 25.0 Å². The zero-order valence-electron chi connectivity index (χ0n) is 23.9. The third-order valence-electron chi connectivity index (χ3n) is 7.46. The average Bonchev–Trinajstić information content (AvgIpc) is 3.28. The molecule has 2 aliphatic heterocycles. The molecule has 0 bridgehead atoms. The summed E-state index contributed by atoms with van der Waals surface area (Å²) in [5.74, 6) is -0.601. The molecule has 6 atom stereocenters. The Morgan fingerprint density at radius 3 is 2.49 bits per heavy atom. The Labute approximate surface area is 227 Å². The molecule has 2 heterocycles. The molecule has 37 heavy (non-hydrogen) atoms. The normalized spacial score (nSPS) is 23.4. The average molecular weight is 541 g/mol. The van der Waals surface area contributed by atoms with Crippen LogP contribution in [0.25, 0.3) is 0 Å². The molecule has 2 rings (SSSR count). The highest BCUT2D eigenvalue weighted by Gasteiger charge is 2.39. The van der Waals surface area contributed by atoms with Gasteiger partial charge in [0.25, 0.3) is 0 Å². The van der Waals surface area contributed by atoms with Crippen LogP contribution in [0.1, 0.15) is 73.6 Å². The molecule has 1 saturated heterocycles. The largest absolute Gasteiger partial charge is 0.459 e. The molecule has 0 aromatic rings. The van der Waals surface area contributed by atoms with Crippen LogP contribution in [-0.2, 0) is 23.9 Å². The zero-order valence-corrected chi connectivity index (χ0v) is 24.7. The molecular weight excluding hydrogens is 492 g/mol. The summed E-state index contributed by atoms with van der Waals surface area (Å²) >= 11 is 1.58. The van der Waals surface area contributed by atoms with Crippen molar-refractivity contribution in [2.24, 2.45) is 11.8 Å². The van der Waals surface area contributed by atoms with E-state index in [1.807, 2.05) is 33.2 Å². The van der Waals surface area contributed by atoms with Gasteiger partial charge in [-0.25, -0.2) is 0 Å². The third-order valence-corrected chi connectivity index (χ3v) is 8.67. The number of hydrogen-bond acceptors (Lipinski definition) is 8. The fourth-order valence-electron chi connectivity index (χ4n) is 5.07. The summed E-state index contributed by atoms with van der Waals surface area (Å²) in [6.07, 6.45) is 3.64. The van der Waals surface area contributed by atoms with Crippen LogP contribution in [0.4, 0.5) is 0 Å². The summed E-state index contributed by atoms with van der Waals surface area (Å²) < 4.78 is 11.3. The molecule has 0 aromatic carbocycles. The number of carbonyl (C=O) groups excluding carboxylic acids is 3. The minimum Gasteiger partial charge on any atom is -0.459 e. The molecular formula is C27H48N4O5S. The van der Waals surface area contributed by atoms with Crippen LogP contribution in [0.3, 0.4) is 0 Å². The quantitative estimate of drug-likeness (QED) is 0.271. The lowest BCUT2D eigenvalue weighted by Crippen LogP contribution is -2.59. The minimum atomic E-state index is -0.667. The SMILES string of the molecule is CCC(C)[C@H](NC(=O)[C@H]1CCCCN1C)C(=O)N(COC)[C@H](C[C@@H](OC(C)=O)C1NC(C)=CS1)C(C)C. The summed E-state index contributed by atoms with van der Waals surface area (Å²) in [6.45, 7) is 12.5. The van der Waals surface area contributed by atoms with E-state index in [0.717, 1.165) is 37.9 Å². The van der Waals surface area contributed by atoms with Gasteiger partial charge >= 0.3 is 5.97 Å². The monoisotopic (exact) mass is 540 g/mol. The van der Waals surface area contributed by atoms with E-state index in [-0.39, 0.29) is 53.8 Å². The van der Waals surface area contributed by atoms with Crippen LogP contribution in [-0.4, -0.2) is 84.6 Å². The lowest BCUT2D eigenvalue weighted by atomic mass is 9.92. The molecule has 0 aromatic heterocycles. The Balaban J connectivity index is 2.30. The zero-order chi connectivity index (χ0) is 27.7. The molecule has 0 saturated carbocycles. The molecule has 2 amide bonds. The predicted octanol–water partition coefficient (Wildman–Crippen LogP) is 3.30. The smallest absolute Gasteiger partial charge is 0.303 e. The Kier molecular flexibility index (Phi) is 12.7. The lowest BCUT2D eigenvalue weighted by Gasteiger charge is -2.40. The highest BCUT2D eigenvalue weighted by molar-refractivity contribution is 8.03. The second kappa shape index (κ2) is 15.0. The molecule has 0 radical (unpaired) electrons. The van der Waals surface area contributed by atoms with Crippen molar-refractivity contribution in [1.82, 2.24) is 20.4 Å². The highest BCUT2D eigenvalue weighted by atomic mass is 32.2. The maximum atomic E-state index is 14.1. The standard InChI is InChI=1S/C27H48N4O5S/c1-9-18(4)24(29-25(33)21-12-10-11-13-30(21)7)27(34)31(16-35-8)22(17(2)3)14-23(36-20(6)32)26-28-19(5)15-37-26/h15,17-18,21-24,26,28H,9-14,16H2,1-8H3,(H,29,33)/t18?,21-,22-,23-,24+,26?/m1/s1. The van der Waals surface area contributed by atoms with Crippen molar-refractivity contribution in [2.45, 2.75) is 103 Å². The fourth-order valence-corrected chi connectivity index (χ4v) is 6.09. The van der Waals surface area contributed by atoms with Gasteiger partial charge in [-0.1, -0.05) is 40.5 Å². The summed E-state index contributed by atoms with van der Waals surface area (Å²) in [6, 6.07) is -1.15. The Morgan fingerprint density at radius 1 is 1.27 bits per heavy atom. The molecule has 10 heteroatoms. The van der Waals surface area contributed by atoms with Crippen LogP contribution in [0.15, 0.2) is 11.1 Å². The molecule has 2 aliphatic rings. The fraction of sp³-hybridized carbons (Fsp3) is 0.815. The van der Waals surface area contributed by atoms with Crippen molar-refractivity contribution in [1.29, 1.82) is 0 Å². The first-order valence-corrected chi connectivity index (χ1v) is 14.5. The van der Waals surface area contributed by atoms with Crippen molar-refractivity contribution in [3.05, 3.63) is 11.1 Å². The number of hydrogen-bond donors (Lipinski definition) is 2. The first-order valence-electron chi connectivity index (χ1n) is 13.6. The van der Waals surface area contributed by atoms with Crippen molar-refractivity contribution in [2.75, 3.05) is 27.4 Å². The lowest BCUT2D eigenvalue weighted by molar-refractivity contribution is -0.152. The van der Waals surface area contributed by atoms with Crippen molar-refractivity contribution < 1.29 is 23.9 Å². The van der Waals surface area contributed by atoms with E-state index < -0.39 is 12.1 Å². The Bertz CT molecular complexity index is 808. The third kappa shape index (κ3) is 8.89. The molecule has 1 fully saturated rings. The summed E-state index contributed by atoms with van der Waals surface area (Å²) in [5.41, 5.74) is 1.02. The number of esters is 1. The molecule has 9 nitrogen and oxygen atoms in total. The maximum absolute atomic E-state index is 14.1. The van der Waals surface area contributed by atoms with E-state index in [1.165, 1.54) is 6.92 Å². The molecule has 2 unspecified atom stereocenters. The number of thioether (sulfide) groups is 1. The second-order valence-electron chi connectivity index (χ2n) is 10.8. The van der Waals surface area contributed by atoms with Gasteiger partial charge in [0, 0.05) is 32.2 Å². The van der Waals surface area contributed by atoms with Crippen LogP contribution in [0, 0.1) is 11.8 Å². The Hall–Kier alpha value is -1.78. The second-order valence-corrected chi connectivity index (χ2v) is 11.8. The molecule has 212 valence electrons. The van der Waals surface area contributed by atoms with Crippen molar-refractivity contribution in [3.8, 4) is 0 Å². The van der Waals surface area contributed by atoms with Crippen molar-refractivity contribution in [3.63, 3.8) is 0 Å². The number of nitrogens with one attached hydrogen (secondary N) is 2. The number of rotatable bonds is 13. The first-order chi connectivity index (χ1) is 17.5. The number of likely N-dealkylation sites (N-methyl/N-ethyl adjacent to an activating group) is 1. The van der Waals surface area contributed by atoms with Crippen LogP contribution < -0.4 is 10.6 Å². The van der Waals surface area contributed by atoms with Gasteiger partial charge in [-0.05, 0) is 50.6 Å². The van der Waals surface area contributed by atoms with Gasteiger partial charge in [0.15, 0.2) is 0 Å². The van der Waals surface area contributed by atoms with Crippen LogP contribution >= 0.6 is 11.8 Å². The topological polar surface area (TPSA) is 100 Å². The van der Waals surface area contributed by atoms with E-state index in [4.69, 9.17) is 9.47 Å². The summed E-state index contributed by atoms with van der Waals surface area (Å²) in [7, 11) is 3.53. The number of piperidine rings is 1. The predicted molar refractivity (Wildman–Crippen MR) is 147 cm³/mol. The minimum absolute atomic E-state index is 0.0549. The van der Waals surface area contributed by atoms with Gasteiger partial charge in [-0.2, -0.15) is 0 Å². The van der Waals surface area contributed by atoms with Crippen LogP contribution in [0.5, 0.6) is 0 Å². The van der Waals surface area contributed by atoms with E-state index in [2.05, 4.69) is 29.4 Å². The number of amides is 2. The van der Waals surface area contributed by atoms with Crippen LogP contribution in [0.2, 0.25) is 0 Å². The summed E-state index contributed by atoms with van der Waals surface area (Å²) in [5, 5.41) is 8.37. The molecule has 2 N–H and O–H groups in total. The van der Waals surface area contributed by atoms with Gasteiger partial charge in [-0.3, -0.25) is 19.3 Å². The molecule has 0 spiro atoms. The van der Waals surface area contributed by atoms with Crippen molar-refractivity contribution >= 4 is 29.5 Å². The van der Waals surface area contributed by atoms with E-state index in [1.54, 1.807) is 23.8 Å². The van der Waals surface area contributed by atoms with Gasteiger partial charge in [0.2, 0.25) is 11.8 Å². The van der Waals surface area contributed by atoms with E-state index in [9.17, 15) is 14.4 Å².